The average Bonchev–Trinajstić information content (AvgIpc) is 2.80. The molecule has 0 saturated carbocycles. The van der Waals surface area contributed by atoms with E-state index in [0.29, 0.717) is 0 Å². The number of anilines is 3. The van der Waals surface area contributed by atoms with Crippen molar-refractivity contribution in [1.29, 1.82) is 0 Å². The number of methoxy groups -OCH3 is 1. The first-order valence-corrected chi connectivity index (χ1v) is 9.79. The highest BCUT2D eigenvalue weighted by molar-refractivity contribution is 5.86. The fraction of sp³-hybridized carbons (Fsp3) is 0.208. The zero-order valence-corrected chi connectivity index (χ0v) is 16.5. The van der Waals surface area contributed by atoms with Crippen molar-refractivity contribution in [2.75, 3.05) is 43.6 Å². The number of nitrogens with one attached hydrogen (secondary N) is 1. The number of rotatable bonds is 6. The van der Waals surface area contributed by atoms with Crippen LogP contribution in [0.2, 0.25) is 0 Å². The molecular formula is C24H25N3O2. The molecule has 0 spiro atoms. The van der Waals surface area contributed by atoms with Crippen molar-refractivity contribution in [1.82, 2.24) is 0 Å². The second-order valence-electron chi connectivity index (χ2n) is 6.82. The largest absolute Gasteiger partial charge is 0.496 e. The molecule has 1 heterocycles. The molecule has 0 aromatic heterocycles. The number of aliphatic imine (C=N–C) groups is 1. The van der Waals surface area contributed by atoms with Crippen LogP contribution in [-0.2, 0) is 4.74 Å². The number of para-hydroxylation sites is 1. The Labute approximate surface area is 171 Å². The lowest BCUT2D eigenvalue weighted by atomic mass is 10.1. The molecule has 1 aliphatic heterocycles. The molecule has 3 aromatic carbocycles. The Morgan fingerprint density at radius 1 is 0.931 bits per heavy atom. The summed E-state index contributed by atoms with van der Waals surface area (Å²) < 4.78 is 11.0. The highest BCUT2D eigenvalue weighted by atomic mass is 16.5. The maximum Gasteiger partial charge on any atom is 0.129 e. The predicted octanol–water partition coefficient (Wildman–Crippen LogP) is 5.03. The van der Waals surface area contributed by atoms with E-state index in [2.05, 4.69) is 33.4 Å². The van der Waals surface area contributed by atoms with Gasteiger partial charge in [-0.15, -0.1) is 0 Å². The summed E-state index contributed by atoms with van der Waals surface area (Å²) in [6.45, 7) is 3.33. The molecule has 1 N–H and O–H groups in total. The zero-order valence-electron chi connectivity index (χ0n) is 16.5. The number of morpholine rings is 1. The van der Waals surface area contributed by atoms with E-state index in [0.717, 1.165) is 60.4 Å². The molecular weight excluding hydrogens is 362 g/mol. The van der Waals surface area contributed by atoms with Gasteiger partial charge in [0.25, 0.3) is 0 Å². The highest BCUT2D eigenvalue weighted by Gasteiger charge is 2.13. The summed E-state index contributed by atoms with van der Waals surface area (Å²) in [5.74, 6) is 0.820. The van der Waals surface area contributed by atoms with Crippen molar-refractivity contribution in [2.45, 2.75) is 0 Å². The Balaban J connectivity index is 1.45. The number of benzene rings is 3. The maximum atomic E-state index is 5.59. The molecule has 1 aliphatic rings. The van der Waals surface area contributed by atoms with Crippen LogP contribution in [0.15, 0.2) is 77.8 Å². The predicted molar refractivity (Wildman–Crippen MR) is 119 cm³/mol. The third-order valence-electron chi connectivity index (χ3n) is 4.88. The van der Waals surface area contributed by atoms with Gasteiger partial charge in [-0.25, -0.2) is 0 Å². The molecule has 0 unspecified atom stereocenters. The van der Waals surface area contributed by atoms with Crippen LogP contribution >= 0.6 is 0 Å². The van der Waals surface area contributed by atoms with Crippen molar-refractivity contribution in [3.8, 4) is 5.75 Å². The molecule has 5 heteroatoms. The van der Waals surface area contributed by atoms with E-state index in [1.807, 2.05) is 60.8 Å². The van der Waals surface area contributed by atoms with Crippen LogP contribution in [0.1, 0.15) is 5.56 Å². The summed E-state index contributed by atoms with van der Waals surface area (Å²) in [6, 6.07) is 24.4. The minimum atomic E-state index is 0.765. The van der Waals surface area contributed by atoms with Crippen molar-refractivity contribution in [3.63, 3.8) is 0 Å². The van der Waals surface area contributed by atoms with Crippen LogP contribution < -0.4 is 15.0 Å². The molecule has 1 saturated heterocycles. The highest BCUT2D eigenvalue weighted by Crippen LogP contribution is 2.26. The van der Waals surface area contributed by atoms with Crippen LogP contribution in [0.25, 0.3) is 0 Å². The SMILES string of the molecule is COc1cc(N2CCOCC2)ccc1C=Nc1ccc(Nc2ccccc2)cc1. The Morgan fingerprint density at radius 3 is 2.38 bits per heavy atom. The molecule has 0 aliphatic carbocycles. The monoisotopic (exact) mass is 387 g/mol. The second-order valence-corrected chi connectivity index (χ2v) is 6.82. The van der Waals surface area contributed by atoms with Crippen molar-refractivity contribution in [3.05, 3.63) is 78.4 Å². The lowest BCUT2D eigenvalue weighted by Crippen LogP contribution is -2.36. The Hall–Kier alpha value is -3.31. The zero-order chi connectivity index (χ0) is 19.9. The summed E-state index contributed by atoms with van der Waals surface area (Å²) in [6.07, 6.45) is 1.85. The standard InChI is InChI=1S/C24H25N3O2/c1-28-24-17-23(27-13-15-29-16-14-27)12-7-19(24)18-25-20-8-10-22(11-9-20)26-21-5-3-2-4-6-21/h2-12,17-18,26H,13-16H2,1H3. The first kappa shape index (κ1) is 19.0. The Morgan fingerprint density at radius 2 is 1.66 bits per heavy atom. The van der Waals surface area contributed by atoms with Gasteiger partial charge in [0.2, 0.25) is 0 Å². The third kappa shape index (κ3) is 4.95. The fourth-order valence-corrected chi connectivity index (χ4v) is 3.29. The van der Waals surface area contributed by atoms with Crippen LogP contribution in [0.3, 0.4) is 0 Å². The van der Waals surface area contributed by atoms with E-state index in [9.17, 15) is 0 Å². The van der Waals surface area contributed by atoms with E-state index in [4.69, 9.17) is 9.47 Å². The summed E-state index contributed by atoms with van der Waals surface area (Å²) in [5, 5.41) is 3.38. The molecule has 0 radical (unpaired) electrons. The molecule has 3 aromatic rings. The van der Waals surface area contributed by atoms with Crippen LogP contribution in [0, 0.1) is 0 Å². The van der Waals surface area contributed by atoms with Crippen LogP contribution in [-0.4, -0.2) is 39.6 Å². The summed E-state index contributed by atoms with van der Waals surface area (Å²) in [7, 11) is 1.69. The first-order chi connectivity index (χ1) is 14.3. The quantitative estimate of drug-likeness (QED) is 0.603. The van der Waals surface area contributed by atoms with Gasteiger partial charge in [-0.2, -0.15) is 0 Å². The van der Waals surface area contributed by atoms with Gasteiger partial charge in [-0.3, -0.25) is 4.99 Å². The maximum absolute atomic E-state index is 5.59. The van der Waals surface area contributed by atoms with Gasteiger partial charge < -0.3 is 19.7 Å². The molecule has 0 bridgehead atoms. The van der Waals surface area contributed by atoms with Crippen molar-refractivity contribution < 1.29 is 9.47 Å². The number of hydrogen-bond donors (Lipinski definition) is 1. The van der Waals surface area contributed by atoms with Gasteiger partial charge in [0, 0.05) is 48.0 Å². The number of hydrogen-bond acceptors (Lipinski definition) is 5. The van der Waals surface area contributed by atoms with Gasteiger partial charge in [0.15, 0.2) is 0 Å². The Bertz CT molecular complexity index is 950. The van der Waals surface area contributed by atoms with Crippen molar-refractivity contribution >= 4 is 29.0 Å². The van der Waals surface area contributed by atoms with E-state index in [1.54, 1.807) is 7.11 Å². The van der Waals surface area contributed by atoms with E-state index in [1.165, 1.54) is 0 Å². The third-order valence-corrected chi connectivity index (χ3v) is 4.88. The molecule has 4 rings (SSSR count). The lowest BCUT2D eigenvalue weighted by Gasteiger charge is -2.29. The topological polar surface area (TPSA) is 46.1 Å². The second kappa shape index (κ2) is 9.26. The number of nitrogens with zero attached hydrogens (tertiary/aromatic N) is 2. The molecule has 1 fully saturated rings. The van der Waals surface area contributed by atoms with Crippen LogP contribution in [0.4, 0.5) is 22.7 Å². The molecule has 0 amide bonds. The normalized spacial score (nSPS) is 14.2. The number of ether oxygens (including phenoxy) is 2. The fourth-order valence-electron chi connectivity index (χ4n) is 3.29. The van der Waals surface area contributed by atoms with E-state index in [-0.39, 0.29) is 0 Å². The van der Waals surface area contributed by atoms with Gasteiger partial charge in [0.05, 0.1) is 26.0 Å². The minimum absolute atomic E-state index is 0.765. The Kier molecular flexibility index (Phi) is 6.07. The molecule has 5 nitrogen and oxygen atoms in total. The smallest absolute Gasteiger partial charge is 0.129 e. The van der Waals surface area contributed by atoms with Crippen molar-refractivity contribution in [2.24, 2.45) is 4.99 Å². The lowest BCUT2D eigenvalue weighted by molar-refractivity contribution is 0.122. The summed E-state index contributed by atoms with van der Waals surface area (Å²) >= 11 is 0. The molecule has 0 atom stereocenters. The first-order valence-electron chi connectivity index (χ1n) is 9.79. The summed E-state index contributed by atoms with van der Waals surface area (Å²) in [4.78, 5) is 6.92. The molecule has 148 valence electrons. The summed E-state index contributed by atoms with van der Waals surface area (Å²) in [5.41, 5.74) is 5.09. The van der Waals surface area contributed by atoms with Gasteiger partial charge in [-0.1, -0.05) is 18.2 Å². The van der Waals surface area contributed by atoms with E-state index >= 15 is 0 Å². The van der Waals surface area contributed by atoms with Crippen LogP contribution in [0.5, 0.6) is 5.75 Å². The van der Waals surface area contributed by atoms with E-state index < -0.39 is 0 Å². The van der Waals surface area contributed by atoms with Gasteiger partial charge in [-0.05, 0) is 48.5 Å². The van der Waals surface area contributed by atoms with Gasteiger partial charge in [0.1, 0.15) is 5.75 Å². The van der Waals surface area contributed by atoms with Gasteiger partial charge >= 0.3 is 0 Å². The minimum Gasteiger partial charge on any atom is -0.496 e. The average molecular weight is 387 g/mol. The molecule has 29 heavy (non-hydrogen) atoms.